The molecule has 2 N–H and O–H groups in total. The van der Waals surface area contributed by atoms with Crippen molar-refractivity contribution in [3.8, 4) is 5.75 Å². The number of piperidine rings is 1. The van der Waals surface area contributed by atoms with E-state index in [2.05, 4.69) is 0 Å². The Labute approximate surface area is 161 Å². The van der Waals surface area contributed by atoms with Crippen LogP contribution in [0.5, 0.6) is 5.75 Å². The quantitative estimate of drug-likeness (QED) is 0.851. The third-order valence-corrected chi connectivity index (χ3v) is 7.22. The number of ether oxygens (including phenoxy) is 1. The van der Waals surface area contributed by atoms with Gasteiger partial charge in [0.15, 0.2) is 0 Å². The van der Waals surface area contributed by atoms with Crippen LogP contribution in [0.4, 0.5) is 0 Å². The molecule has 1 aromatic carbocycles. The molecule has 0 aromatic heterocycles. The van der Waals surface area contributed by atoms with E-state index >= 15 is 0 Å². The van der Waals surface area contributed by atoms with E-state index < -0.39 is 11.2 Å². The van der Waals surface area contributed by atoms with Crippen LogP contribution in [-0.4, -0.2) is 51.9 Å². The lowest BCUT2D eigenvalue weighted by Crippen LogP contribution is -2.73. The first-order chi connectivity index (χ1) is 13.0. The van der Waals surface area contributed by atoms with Crippen molar-refractivity contribution in [2.45, 2.75) is 75.0 Å². The summed E-state index contributed by atoms with van der Waals surface area (Å²) in [7, 11) is 1.64. The summed E-state index contributed by atoms with van der Waals surface area (Å²) >= 11 is 0. The van der Waals surface area contributed by atoms with Gasteiger partial charge in [0, 0.05) is 12.5 Å². The van der Waals surface area contributed by atoms with E-state index in [1.54, 1.807) is 7.11 Å². The first kappa shape index (κ1) is 18.8. The zero-order valence-electron chi connectivity index (χ0n) is 16.2. The number of rotatable bonds is 4. The monoisotopic (exact) mass is 373 g/mol. The molecule has 0 bridgehead atoms. The molecular weight excluding hydrogens is 342 g/mol. The van der Waals surface area contributed by atoms with Crippen LogP contribution < -0.4 is 4.74 Å². The van der Waals surface area contributed by atoms with Gasteiger partial charge in [-0.3, -0.25) is 4.79 Å². The molecule has 1 aromatic rings. The van der Waals surface area contributed by atoms with E-state index in [0.29, 0.717) is 32.2 Å². The Morgan fingerprint density at radius 1 is 1.11 bits per heavy atom. The molecule has 5 heteroatoms. The summed E-state index contributed by atoms with van der Waals surface area (Å²) < 4.78 is 5.24. The Kier molecular flexibility index (Phi) is 4.93. The summed E-state index contributed by atoms with van der Waals surface area (Å²) in [5.74, 6) is 1.06. The third kappa shape index (κ3) is 3.15. The summed E-state index contributed by atoms with van der Waals surface area (Å²) in [6.45, 7) is 0.537. The minimum atomic E-state index is -1.23. The molecule has 2 aliphatic carbocycles. The van der Waals surface area contributed by atoms with E-state index in [0.717, 1.165) is 43.4 Å². The van der Waals surface area contributed by atoms with Gasteiger partial charge in [-0.05, 0) is 56.2 Å². The lowest BCUT2D eigenvalue weighted by Gasteiger charge is -2.58. The van der Waals surface area contributed by atoms with Crippen molar-refractivity contribution >= 4 is 5.91 Å². The van der Waals surface area contributed by atoms with Crippen LogP contribution >= 0.6 is 0 Å². The van der Waals surface area contributed by atoms with Crippen molar-refractivity contribution in [1.29, 1.82) is 0 Å². The maximum Gasteiger partial charge on any atom is 0.226 e. The van der Waals surface area contributed by atoms with Gasteiger partial charge in [0.1, 0.15) is 11.4 Å². The Hall–Kier alpha value is -1.59. The van der Waals surface area contributed by atoms with Gasteiger partial charge >= 0.3 is 0 Å². The molecule has 1 aliphatic heterocycles. The van der Waals surface area contributed by atoms with Crippen LogP contribution in [0.25, 0.3) is 0 Å². The van der Waals surface area contributed by atoms with Crippen molar-refractivity contribution < 1.29 is 19.7 Å². The highest BCUT2D eigenvalue weighted by atomic mass is 16.5. The number of methoxy groups -OCH3 is 1. The number of hydrogen-bond acceptors (Lipinski definition) is 4. The SMILES string of the molecule is COc1ccc(C[C@@H]2N(C(=O)C3CCC3)CC[C@@]3(O)CCCCC23O)cc1. The maximum atomic E-state index is 13.1. The number of benzene rings is 1. The van der Waals surface area contributed by atoms with E-state index in [1.165, 1.54) is 0 Å². The average Bonchev–Trinajstić information content (AvgIpc) is 2.62. The highest BCUT2D eigenvalue weighted by molar-refractivity contribution is 5.80. The minimum Gasteiger partial charge on any atom is -0.497 e. The largest absolute Gasteiger partial charge is 0.497 e. The predicted octanol–water partition coefficient (Wildman–Crippen LogP) is 2.67. The summed E-state index contributed by atoms with van der Waals surface area (Å²) in [6.07, 6.45) is 7.05. The second-order valence-electron chi connectivity index (χ2n) is 8.64. The molecule has 3 atom stereocenters. The molecule has 1 saturated heterocycles. The smallest absolute Gasteiger partial charge is 0.226 e. The normalized spacial score (nSPS) is 33.9. The molecule has 4 rings (SSSR count). The van der Waals surface area contributed by atoms with E-state index in [1.807, 2.05) is 29.2 Å². The number of aliphatic hydroxyl groups is 2. The van der Waals surface area contributed by atoms with Gasteiger partial charge in [-0.25, -0.2) is 0 Å². The van der Waals surface area contributed by atoms with Gasteiger partial charge < -0.3 is 19.8 Å². The third-order valence-electron chi connectivity index (χ3n) is 7.22. The van der Waals surface area contributed by atoms with Crippen LogP contribution in [0, 0.1) is 5.92 Å². The molecule has 5 nitrogen and oxygen atoms in total. The molecule has 1 unspecified atom stereocenters. The Balaban J connectivity index is 1.65. The number of hydrogen-bond donors (Lipinski definition) is 2. The molecule has 1 amide bonds. The van der Waals surface area contributed by atoms with Crippen LogP contribution in [0.2, 0.25) is 0 Å². The summed E-state index contributed by atoms with van der Waals surface area (Å²) in [6, 6.07) is 7.42. The zero-order chi connectivity index (χ0) is 19.1. The molecule has 0 radical (unpaired) electrons. The number of carbonyl (C=O) groups is 1. The van der Waals surface area contributed by atoms with Crippen LogP contribution in [0.1, 0.15) is 56.9 Å². The molecule has 3 aliphatic rings. The maximum absolute atomic E-state index is 13.1. The second-order valence-corrected chi connectivity index (χ2v) is 8.64. The fourth-order valence-corrected chi connectivity index (χ4v) is 5.22. The number of amides is 1. The van der Waals surface area contributed by atoms with Crippen LogP contribution in [0.3, 0.4) is 0 Å². The van der Waals surface area contributed by atoms with Crippen LogP contribution in [0.15, 0.2) is 24.3 Å². The molecule has 0 spiro atoms. The standard InChI is InChI=1S/C22H31NO4/c1-27-18-9-7-16(8-10-18)15-19-22(26)12-3-2-11-21(22,25)13-14-23(19)20(24)17-5-4-6-17/h7-10,17,19,25-26H,2-6,11-15H2,1H3/t19-,21-,22?/m0/s1. The van der Waals surface area contributed by atoms with Gasteiger partial charge in [0.05, 0.1) is 18.8 Å². The number of nitrogens with zero attached hydrogens (tertiary/aromatic N) is 1. The highest BCUT2D eigenvalue weighted by Gasteiger charge is 2.60. The van der Waals surface area contributed by atoms with Gasteiger partial charge in [-0.1, -0.05) is 31.4 Å². The minimum absolute atomic E-state index is 0.0988. The average molecular weight is 373 g/mol. The lowest BCUT2D eigenvalue weighted by molar-refractivity contribution is -0.235. The lowest BCUT2D eigenvalue weighted by atomic mass is 9.62. The molecule has 2 saturated carbocycles. The summed E-state index contributed by atoms with van der Waals surface area (Å²) in [5, 5.41) is 23.0. The van der Waals surface area contributed by atoms with Crippen molar-refractivity contribution in [3.63, 3.8) is 0 Å². The topological polar surface area (TPSA) is 70.0 Å². The molecule has 1 heterocycles. The van der Waals surface area contributed by atoms with Crippen molar-refractivity contribution in [1.82, 2.24) is 4.90 Å². The molecular formula is C22H31NO4. The Morgan fingerprint density at radius 2 is 1.81 bits per heavy atom. The fraction of sp³-hybridized carbons (Fsp3) is 0.682. The predicted molar refractivity (Wildman–Crippen MR) is 103 cm³/mol. The highest BCUT2D eigenvalue weighted by Crippen LogP contribution is 2.48. The van der Waals surface area contributed by atoms with Crippen molar-refractivity contribution in [2.75, 3.05) is 13.7 Å². The van der Waals surface area contributed by atoms with Gasteiger partial charge in [-0.15, -0.1) is 0 Å². The van der Waals surface area contributed by atoms with Gasteiger partial charge in [0.25, 0.3) is 0 Å². The van der Waals surface area contributed by atoms with Crippen LogP contribution in [-0.2, 0) is 11.2 Å². The second kappa shape index (κ2) is 7.10. The van der Waals surface area contributed by atoms with E-state index in [-0.39, 0.29) is 17.9 Å². The first-order valence-electron chi connectivity index (χ1n) is 10.3. The summed E-state index contributed by atoms with van der Waals surface area (Å²) in [5.41, 5.74) is -1.27. The Morgan fingerprint density at radius 3 is 2.44 bits per heavy atom. The number of fused-ring (bicyclic) bond motifs is 1. The molecule has 3 fully saturated rings. The zero-order valence-corrected chi connectivity index (χ0v) is 16.2. The van der Waals surface area contributed by atoms with E-state index in [9.17, 15) is 15.0 Å². The van der Waals surface area contributed by atoms with Gasteiger partial charge in [-0.2, -0.15) is 0 Å². The molecule has 148 valence electrons. The first-order valence-corrected chi connectivity index (χ1v) is 10.3. The van der Waals surface area contributed by atoms with Gasteiger partial charge in [0.2, 0.25) is 5.91 Å². The summed E-state index contributed by atoms with van der Waals surface area (Å²) in [4.78, 5) is 15.0. The molecule has 27 heavy (non-hydrogen) atoms. The van der Waals surface area contributed by atoms with E-state index in [4.69, 9.17) is 4.74 Å². The van der Waals surface area contributed by atoms with Crippen molar-refractivity contribution in [2.24, 2.45) is 5.92 Å². The number of likely N-dealkylation sites (tertiary alicyclic amines) is 1. The Bertz CT molecular complexity index is 686. The van der Waals surface area contributed by atoms with Crippen molar-refractivity contribution in [3.05, 3.63) is 29.8 Å². The number of carbonyl (C=O) groups excluding carboxylic acids is 1. The fourth-order valence-electron chi connectivity index (χ4n) is 5.22.